The van der Waals surface area contributed by atoms with Crippen LogP contribution < -0.4 is 9.47 Å². The van der Waals surface area contributed by atoms with Crippen LogP contribution >= 0.6 is 0 Å². The van der Waals surface area contributed by atoms with Crippen molar-refractivity contribution in [3.63, 3.8) is 0 Å². The topological polar surface area (TPSA) is 59.1 Å². The number of hydrogen-bond donors (Lipinski definition) is 0. The van der Waals surface area contributed by atoms with Crippen LogP contribution in [0.4, 0.5) is 0 Å². The Kier molecular flexibility index (Phi) is 5.94. The number of rotatable bonds is 6. The van der Waals surface area contributed by atoms with Gasteiger partial charge >= 0.3 is 0 Å². The smallest absolute Gasteiger partial charge is 0.246 e. The van der Waals surface area contributed by atoms with Crippen LogP contribution in [0, 0.1) is 0 Å². The summed E-state index contributed by atoms with van der Waals surface area (Å²) in [5, 5.41) is 2.47. The molecular weight excluding hydrogens is 400 g/mol. The van der Waals surface area contributed by atoms with E-state index in [-0.39, 0.29) is 4.90 Å². The van der Waals surface area contributed by atoms with E-state index in [9.17, 15) is 8.42 Å². The summed E-state index contributed by atoms with van der Waals surface area (Å²) >= 11 is 0. The third-order valence-corrected chi connectivity index (χ3v) is 7.51. The third-order valence-electron chi connectivity index (χ3n) is 5.59. The number of benzene rings is 3. The van der Waals surface area contributed by atoms with E-state index in [0.29, 0.717) is 37.7 Å². The van der Waals surface area contributed by atoms with Gasteiger partial charge in [0.15, 0.2) is 0 Å². The van der Waals surface area contributed by atoms with E-state index in [4.69, 9.17) is 9.47 Å². The van der Waals surface area contributed by atoms with Crippen LogP contribution in [-0.2, 0) is 16.6 Å². The van der Waals surface area contributed by atoms with E-state index in [1.807, 2.05) is 6.07 Å². The number of hydrogen-bond acceptors (Lipinski definition) is 5. The van der Waals surface area contributed by atoms with E-state index in [2.05, 4.69) is 41.3 Å². The molecule has 1 aliphatic rings. The van der Waals surface area contributed by atoms with E-state index >= 15 is 0 Å². The fourth-order valence-electron chi connectivity index (χ4n) is 3.92. The molecule has 7 heteroatoms. The van der Waals surface area contributed by atoms with Gasteiger partial charge in [-0.05, 0) is 28.5 Å². The third kappa shape index (κ3) is 4.01. The van der Waals surface area contributed by atoms with Gasteiger partial charge in [0.05, 0.1) is 14.2 Å². The van der Waals surface area contributed by atoms with Gasteiger partial charge in [0.25, 0.3) is 0 Å². The summed E-state index contributed by atoms with van der Waals surface area (Å²) in [7, 11) is -0.673. The van der Waals surface area contributed by atoms with Crippen LogP contribution in [-0.4, -0.2) is 58.0 Å². The summed E-state index contributed by atoms with van der Waals surface area (Å²) in [5.74, 6) is 0.818. The van der Waals surface area contributed by atoms with Crippen LogP contribution in [0.2, 0.25) is 0 Å². The Morgan fingerprint density at radius 3 is 2.33 bits per heavy atom. The van der Waals surface area contributed by atoms with Crippen molar-refractivity contribution in [1.82, 2.24) is 9.21 Å². The molecule has 0 aromatic heterocycles. The molecule has 3 aromatic rings. The molecule has 4 rings (SSSR count). The average Bonchev–Trinajstić information content (AvgIpc) is 2.79. The SMILES string of the molecule is COc1ccc(OC)c(S(=O)(=O)N2CCN(Cc3cccc4ccccc34)CC2)c1. The minimum atomic E-state index is -3.67. The van der Waals surface area contributed by atoms with E-state index in [1.165, 1.54) is 40.9 Å². The standard InChI is InChI=1S/C23H26N2O4S/c1-28-20-10-11-22(29-2)23(16-20)30(26,27)25-14-12-24(13-15-25)17-19-8-5-7-18-6-3-4-9-21(18)19/h3-11,16H,12-15,17H2,1-2H3. The molecule has 6 nitrogen and oxygen atoms in total. The molecule has 1 heterocycles. The first-order valence-corrected chi connectivity index (χ1v) is 11.4. The number of methoxy groups -OCH3 is 2. The molecule has 0 atom stereocenters. The van der Waals surface area contributed by atoms with Crippen molar-refractivity contribution in [2.45, 2.75) is 11.4 Å². The van der Waals surface area contributed by atoms with Crippen molar-refractivity contribution >= 4 is 20.8 Å². The second-order valence-corrected chi connectivity index (χ2v) is 9.24. The summed E-state index contributed by atoms with van der Waals surface area (Å²) in [5.41, 5.74) is 1.26. The number of ether oxygens (including phenoxy) is 2. The Morgan fingerprint density at radius 1 is 0.867 bits per heavy atom. The number of sulfonamides is 1. The molecule has 1 fully saturated rings. The lowest BCUT2D eigenvalue weighted by molar-refractivity contribution is 0.182. The van der Waals surface area contributed by atoms with Crippen LogP contribution in [0.1, 0.15) is 5.56 Å². The maximum absolute atomic E-state index is 13.2. The molecule has 30 heavy (non-hydrogen) atoms. The number of piperazine rings is 1. The molecule has 0 N–H and O–H groups in total. The van der Waals surface area contributed by atoms with Gasteiger partial charge in [0, 0.05) is 38.8 Å². The molecule has 0 unspecified atom stereocenters. The summed E-state index contributed by atoms with van der Waals surface area (Å²) < 4.78 is 38.5. The zero-order chi connectivity index (χ0) is 21.1. The molecule has 0 aliphatic carbocycles. The lowest BCUT2D eigenvalue weighted by Crippen LogP contribution is -2.48. The van der Waals surface area contributed by atoms with Crippen molar-refractivity contribution in [2.75, 3.05) is 40.4 Å². The van der Waals surface area contributed by atoms with Gasteiger partial charge in [0.1, 0.15) is 16.4 Å². The van der Waals surface area contributed by atoms with E-state index in [1.54, 1.807) is 12.1 Å². The lowest BCUT2D eigenvalue weighted by Gasteiger charge is -2.34. The van der Waals surface area contributed by atoms with Gasteiger partial charge in [-0.1, -0.05) is 42.5 Å². The second-order valence-electron chi connectivity index (χ2n) is 7.34. The van der Waals surface area contributed by atoms with Gasteiger partial charge in [-0.2, -0.15) is 4.31 Å². The van der Waals surface area contributed by atoms with Gasteiger partial charge in [-0.25, -0.2) is 8.42 Å². The predicted octanol–water partition coefficient (Wildman–Crippen LogP) is 3.36. The Bertz CT molecular complexity index is 1130. The van der Waals surface area contributed by atoms with Crippen molar-refractivity contribution < 1.29 is 17.9 Å². The second kappa shape index (κ2) is 8.63. The first-order valence-electron chi connectivity index (χ1n) is 9.94. The lowest BCUT2D eigenvalue weighted by atomic mass is 10.0. The predicted molar refractivity (Wildman–Crippen MR) is 118 cm³/mol. The number of fused-ring (bicyclic) bond motifs is 1. The summed E-state index contributed by atoms with van der Waals surface area (Å²) in [4.78, 5) is 2.45. The quantitative estimate of drug-likeness (QED) is 0.605. The van der Waals surface area contributed by atoms with Crippen molar-refractivity contribution in [1.29, 1.82) is 0 Å². The highest BCUT2D eigenvalue weighted by Gasteiger charge is 2.31. The molecule has 158 valence electrons. The van der Waals surface area contributed by atoms with Crippen LogP contribution in [0.25, 0.3) is 10.8 Å². The molecule has 0 amide bonds. The zero-order valence-corrected chi connectivity index (χ0v) is 18.1. The van der Waals surface area contributed by atoms with Gasteiger partial charge < -0.3 is 9.47 Å². The zero-order valence-electron chi connectivity index (χ0n) is 17.2. The molecular formula is C23H26N2O4S. The molecule has 1 saturated heterocycles. The largest absolute Gasteiger partial charge is 0.497 e. The molecule has 0 saturated carbocycles. The Hall–Kier alpha value is -2.61. The van der Waals surface area contributed by atoms with Gasteiger partial charge in [-0.15, -0.1) is 0 Å². The molecule has 0 radical (unpaired) electrons. The maximum Gasteiger partial charge on any atom is 0.246 e. The van der Waals surface area contributed by atoms with Crippen molar-refractivity contribution in [2.24, 2.45) is 0 Å². The molecule has 0 bridgehead atoms. The summed E-state index contributed by atoms with van der Waals surface area (Å²) in [6.45, 7) is 3.03. The first-order chi connectivity index (χ1) is 14.5. The molecule has 1 aliphatic heterocycles. The first kappa shape index (κ1) is 20.7. The average molecular weight is 427 g/mol. The molecule has 3 aromatic carbocycles. The Morgan fingerprint density at radius 2 is 1.60 bits per heavy atom. The number of nitrogens with zero attached hydrogens (tertiary/aromatic N) is 2. The van der Waals surface area contributed by atoms with Crippen molar-refractivity contribution in [3.05, 3.63) is 66.2 Å². The van der Waals surface area contributed by atoms with Gasteiger partial charge in [0.2, 0.25) is 10.0 Å². The summed E-state index contributed by atoms with van der Waals surface area (Å²) in [6, 6.07) is 19.5. The fraction of sp³-hybridized carbons (Fsp3) is 0.304. The molecule has 0 spiro atoms. The summed E-state index contributed by atoms with van der Waals surface area (Å²) in [6.07, 6.45) is 0. The Labute approximate surface area is 177 Å². The normalized spacial score (nSPS) is 15.9. The van der Waals surface area contributed by atoms with Gasteiger partial charge in [-0.3, -0.25) is 4.90 Å². The maximum atomic E-state index is 13.2. The van der Waals surface area contributed by atoms with E-state index in [0.717, 1.165) is 6.54 Å². The van der Waals surface area contributed by atoms with Crippen molar-refractivity contribution in [3.8, 4) is 11.5 Å². The fourth-order valence-corrected chi connectivity index (χ4v) is 5.52. The van der Waals surface area contributed by atoms with Crippen LogP contribution in [0.5, 0.6) is 11.5 Å². The highest BCUT2D eigenvalue weighted by molar-refractivity contribution is 7.89. The highest BCUT2D eigenvalue weighted by Crippen LogP contribution is 2.31. The highest BCUT2D eigenvalue weighted by atomic mass is 32.2. The Balaban J connectivity index is 1.49. The van der Waals surface area contributed by atoms with E-state index < -0.39 is 10.0 Å². The van der Waals surface area contributed by atoms with Crippen LogP contribution in [0.3, 0.4) is 0 Å². The minimum absolute atomic E-state index is 0.145. The van der Waals surface area contributed by atoms with Crippen LogP contribution in [0.15, 0.2) is 65.6 Å². The minimum Gasteiger partial charge on any atom is -0.497 e. The monoisotopic (exact) mass is 426 g/mol.